The second kappa shape index (κ2) is 5.65. The van der Waals surface area contributed by atoms with Gasteiger partial charge in [0, 0.05) is 6.54 Å². The van der Waals surface area contributed by atoms with Gasteiger partial charge in [0.15, 0.2) is 0 Å². The molecule has 52 valence electrons. The lowest BCUT2D eigenvalue weighted by molar-refractivity contribution is -0.133. The smallest absolute Gasteiger partial charge is 0.313 e. The number of carboxylic acids is 1. The van der Waals surface area contributed by atoms with E-state index in [1.165, 1.54) is 11.8 Å². The first-order valence-corrected chi connectivity index (χ1v) is 3.50. The van der Waals surface area contributed by atoms with Gasteiger partial charge in [-0.05, 0) is 5.41 Å². The van der Waals surface area contributed by atoms with Gasteiger partial charge in [0.25, 0.3) is 0 Å². The van der Waals surface area contributed by atoms with Crippen molar-refractivity contribution in [2.24, 2.45) is 5.73 Å². The molecule has 0 saturated heterocycles. The van der Waals surface area contributed by atoms with Crippen LogP contribution in [0.15, 0.2) is 11.5 Å². The molecule has 0 aromatic rings. The van der Waals surface area contributed by atoms with Crippen LogP contribution in [0.3, 0.4) is 0 Å². The number of aliphatic carboxylic acids is 1. The predicted molar refractivity (Wildman–Crippen MR) is 38.3 cm³/mol. The minimum absolute atomic E-state index is 0.108. The number of nitrogens with two attached hydrogens (primary N) is 1. The zero-order chi connectivity index (χ0) is 7.11. The Hall–Kier alpha value is -0.480. The average Bonchev–Trinajstić information content (AvgIpc) is 1.80. The van der Waals surface area contributed by atoms with Gasteiger partial charge in [0.2, 0.25) is 0 Å². The SMILES string of the molecule is NCC=CSCC(=O)O. The molecule has 0 aromatic carbocycles. The minimum atomic E-state index is -0.804. The van der Waals surface area contributed by atoms with E-state index in [0.717, 1.165) is 0 Å². The first kappa shape index (κ1) is 8.52. The topological polar surface area (TPSA) is 63.3 Å². The largest absolute Gasteiger partial charge is 0.481 e. The van der Waals surface area contributed by atoms with Crippen LogP contribution in [0.25, 0.3) is 0 Å². The molecule has 0 saturated carbocycles. The lowest BCUT2D eigenvalue weighted by Crippen LogP contribution is -1.96. The Morgan fingerprint density at radius 1 is 1.78 bits per heavy atom. The van der Waals surface area contributed by atoms with Crippen LogP contribution in [0, 0.1) is 0 Å². The van der Waals surface area contributed by atoms with Gasteiger partial charge in [0.1, 0.15) is 0 Å². The van der Waals surface area contributed by atoms with Crippen molar-refractivity contribution in [3.63, 3.8) is 0 Å². The molecule has 0 fully saturated rings. The molecule has 3 N–H and O–H groups in total. The van der Waals surface area contributed by atoms with Crippen molar-refractivity contribution in [2.45, 2.75) is 0 Å². The number of hydrogen-bond acceptors (Lipinski definition) is 3. The lowest BCUT2D eigenvalue weighted by atomic mass is 10.7. The number of hydrogen-bond donors (Lipinski definition) is 2. The van der Waals surface area contributed by atoms with Gasteiger partial charge in [-0.25, -0.2) is 0 Å². The maximum Gasteiger partial charge on any atom is 0.313 e. The van der Waals surface area contributed by atoms with Crippen LogP contribution in [0.1, 0.15) is 0 Å². The van der Waals surface area contributed by atoms with Crippen LogP contribution >= 0.6 is 11.8 Å². The highest BCUT2D eigenvalue weighted by molar-refractivity contribution is 8.02. The monoisotopic (exact) mass is 147 g/mol. The van der Waals surface area contributed by atoms with Gasteiger partial charge >= 0.3 is 5.97 Å². The van der Waals surface area contributed by atoms with Crippen molar-refractivity contribution in [3.8, 4) is 0 Å². The van der Waals surface area contributed by atoms with Crippen molar-refractivity contribution in [3.05, 3.63) is 11.5 Å². The normalized spacial score (nSPS) is 10.3. The highest BCUT2D eigenvalue weighted by Crippen LogP contribution is 1.99. The molecular weight excluding hydrogens is 138 g/mol. The quantitative estimate of drug-likeness (QED) is 0.599. The summed E-state index contributed by atoms with van der Waals surface area (Å²) in [6.45, 7) is 0.465. The Bertz CT molecular complexity index is 114. The van der Waals surface area contributed by atoms with Gasteiger partial charge < -0.3 is 10.8 Å². The first-order valence-electron chi connectivity index (χ1n) is 2.46. The molecule has 0 unspecified atom stereocenters. The maximum atomic E-state index is 9.88. The number of carboxylic acid groups (broad SMARTS) is 1. The molecule has 0 aliphatic heterocycles. The summed E-state index contributed by atoms with van der Waals surface area (Å²) in [6, 6.07) is 0. The third-order valence-corrected chi connectivity index (χ3v) is 1.33. The van der Waals surface area contributed by atoms with E-state index in [2.05, 4.69) is 0 Å². The summed E-state index contributed by atoms with van der Waals surface area (Å²) in [5.41, 5.74) is 5.10. The van der Waals surface area contributed by atoms with Gasteiger partial charge in [0.05, 0.1) is 5.75 Å². The predicted octanol–water partition coefficient (Wildman–Crippen LogP) is 0.277. The summed E-state index contributed by atoms with van der Waals surface area (Å²) in [6.07, 6.45) is 1.72. The molecule has 0 spiro atoms. The Morgan fingerprint density at radius 3 is 2.89 bits per heavy atom. The van der Waals surface area contributed by atoms with E-state index in [-0.39, 0.29) is 5.75 Å². The molecule has 0 aliphatic rings. The fourth-order valence-corrected chi connectivity index (χ4v) is 0.729. The molecule has 0 atom stereocenters. The molecule has 0 rings (SSSR count). The summed E-state index contributed by atoms with van der Waals surface area (Å²) >= 11 is 1.23. The van der Waals surface area contributed by atoms with E-state index < -0.39 is 5.97 Å². The average molecular weight is 147 g/mol. The van der Waals surface area contributed by atoms with E-state index in [4.69, 9.17) is 10.8 Å². The summed E-state index contributed by atoms with van der Waals surface area (Å²) in [4.78, 5) is 9.88. The van der Waals surface area contributed by atoms with Gasteiger partial charge in [-0.15, -0.1) is 11.8 Å². The van der Waals surface area contributed by atoms with Crippen LogP contribution in [0.2, 0.25) is 0 Å². The van der Waals surface area contributed by atoms with Crippen molar-refractivity contribution in [1.29, 1.82) is 0 Å². The van der Waals surface area contributed by atoms with Crippen LogP contribution < -0.4 is 5.73 Å². The zero-order valence-electron chi connectivity index (χ0n) is 4.91. The molecule has 4 heteroatoms. The molecule has 0 heterocycles. The number of carbonyl (C=O) groups is 1. The summed E-state index contributed by atoms with van der Waals surface area (Å²) in [7, 11) is 0. The van der Waals surface area contributed by atoms with Gasteiger partial charge in [-0.2, -0.15) is 0 Å². The number of thioether (sulfide) groups is 1. The molecule has 3 nitrogen and oxygen atoms in total. The van der Waals surface area contributed by atoms with Crippen LogP contribution in [0.4, 0.5) is 0 Å². The molecule has 0 amide bonds. The first-order chi connectivity index (χ1) is 4.27. The Labute approximate surface area is 57.9 Å². The van der Waals surface area contributed by atoms with Crippen LogP contribution in [-0.4, -0.2) is 23.4 Å². The fourth-order valence-electron chi connectivity index (χ4n) is 0.243. The van der Waals surface area contributed by atoms with Gasteiger partial charge in [-0.1, -0.05) is 6.08 Å². The molecule has 9 heavy (non-hydrogen) atoms. The van der Waals surface area contributed by atoms with Crippen LogP contribution in [-0.2, 0) is 4.79 Å². The lowest BCUT2D eigenvalue weighted by Gasteiger charge is -1.85. The highest BCUT2D eigenvalue weighted by atomic mass is 32.2. The third kappa shape index (κ3) is 7.52. The van der Waals surface area contributed by atoms with Crippen LogP contribution in [0.5, 0.6) is 0 Å². The van der Waals surface area contributed by atoms with Gasteiger partial charge in [-0.3, -0.25) is 4.79 Å². The van der Waals surface area contributed by atoms with Crippen molar-refractivity contribution < 1.29 is 9.90 Å². The Morgan fingerprint density at radius 2 is 2.44 bits per heavy atom. The van der Waals surface area contributed by atoms with E-state index >= 15 is 0 Å². The fraction of sp³-hybridized carbons (Fsp3) is 0.400. The van der Waals surface area contributed by atoms with E-state index in [9.17, 15) is 4.79 Å². The zero-order valence-corrected chi connectivity index (χ0v) is 5.73. The minimum Gasteiger partial charge on any atom is -0.481 e. The molecule has 0 aliphatic carbocycles. The van der Waals surface area contributed by atoms with Crippen molar-refractivity contribution >= 4 is 17.7 Å². The Kier molecular flexibility index (Phi) is 5.35. The van der Waals surface area contributed by atoms with Crippen molar-refractivity contribution in [2.75, 3.05) is 12.3 Å². The molecular formula is C5H9NO2S. The van der Waals surface area contributed by atoms with E-state index in [1.54, 1.807) is 11.5 Å². The summed E-state index contributed by atoms with van der Waals surface area (Å²) in [5, 5.41) is 9.82. The summed E-state index contributed by atoms with van der Waals surface area (Å²) in [5.74, 6) is -0.696. The maximum absolute atomic E-state index is 9.88. The second-order valence-electron chi connectivity index (χ2n) is 1.31. The third-order valence-electron chi connectivity index (χ3n) is 0.535. The summed E-state index contributed by atoms with van der Waals surface area (Å²) < 4.78 is 0. The standard InChI is InChI=1S/C5H9NO2S/c6-2-1-3-9-4-5(7)8/h1,3H,2,4,6H2,(H,7,8). The van der Waals surface area contributed by atoms with E-state index in [0.29, 0.717) is 6.54 Å². The Balaban J connectivity index is 3.09. The van der Waals surface area contributed by atoms with E-state index in [1.807, 2.05) is 0 Å². The number of rotatable bonds is 4. The molecule has 0 radical (unpaired) electrons. The highest BCUT2D eigenvalue weighted by Gasteiger charge is 1.90. The van der Waals surface area contributed by atoms with Crippen molar-refractivity contribution in [1.82, 2.24) is 0 Å². The second-order valence-corrected chi connectivity index (χ2v) is 2.21. The molecule has 0 bridgehead atoms. The molecule has 0 aromatic heterocycles.